The monoisotopic (exact) mass is 426 g/mol. The summed E-state index contributed by atoms with van der Waals surface area (Å²) >= 11 is 6.04. The molecular formula is C25H38N4S. The zero-order valence-corrected chi connectivity index (χ0v) is 20.0. The van der Waals surface area contributed by atoms with E-state index in [0.29, 0.717) is 12.0 Å². The van der Waals surface area contributed by atoms with E-state index in [1.807, 2.05) is 0 Å². The van der Waals surface area contributed by atoms with Gasteiger partial charge in [-0.1, -0.05) is 71.2 Å². The SMILES string of the molecule is C[C@H]1CCCC[C@@H]1n1c(-c2ccc(C(C)(C)C)cc2)nn(CN2CCCCC2)c1=S. The van der Waals surface area contributed by atoms with E-state index in [-0.39, 0.29) is 5.41 Å². The van der Waals surface area contributed by atoms with Crippen LogP contribution in [-0.2, 0) is 12.1 Å². The van der Waals surface area contributed by atoms with E-state index < -0.39 is 0 Å². The van der Waals surface area contributed by atoms with Crippen LogP contribution in [-0.4, -0.2) is 32.3 Å². The molecule has 0 unspecified atom stereocenters. The minimum atomic E-state index is 0.156. The van der Waals surface area contributed by atoms with Crippen LogP contribution < -0.4 is 0 Å². The molecule has 5 heteroatoms. The molecule has 1 saturated heterocycles. The Morgan fingerprint density at radius 1 is 0.967 bits per heavy atom. The molecule has 2 aromatic rings. The molecule has 1 aromatic carbocycles. The summed E-state index contributed by atoms with van der Waals surface area (Å²) in [5.74, 6) is 1.70. The van der Waals surface area contributed by atoms with Crippen molar-refractivity contribution >= 4 is 12.2 Å². The van der Waals surface area contributed by atoms with Gasteiger partial charge in [0.1, 0.15) is 0 Å². The summed E-state index contributed by atoms with van der Waals surface area (Å²) in [5.41, 5.74) is 2.70. The van der Waals surface area contributed by atoms with Gasteiger partial charge in [0.05, 0.1) is 6.67 Å². The zero-order chi connectivity index (χ0) is 21.3. The molecule has 1 aliphatic carbocycles. The first-order valence-corrected chi connectivity index (χ1v) is 12.3. The van der Waals surface area contributed by atoms with E-state index in [9.17, 15) is 0 Å². The Bertz CT molecular complexity index is 897. The first-order chi connectivity index (χ1) is 14.3. The molecule has 4 rings (SSSR count). The summed E-state index contributed by atoms with van der Waals surface area (Å²) in [4.78, 5) is 2.51. The van der Waals surface area contributed by atoms with Gasteiger partial charge in [0.2, 0.25) is 0 Å². The van der Waals surface area contributed by atoms with Crippen LogP contribution in [0.15, 0.2) is 24.3 Å². The number of benzene rings is 1. The number of hydrogen-bond donors (Lipinski definition) is 0. The largest absolute Gasteiger partial charge is 0.297 e. The highest BCUT2D eigenvalue weighted by atomic mass is 32.1. The summed E-state index contributed by atoms with van der Waals surface area (Å²) in [6.07, 6.45) is 9.04. The molecule has 1 aromatic heterocycles. The van der Waals surface area contributed by atoms with Gasteiger partial charge >= 0.3 is 0 Å². The number of likely N-dealkylation sites (tertiary alicyclic amines) is 1. The lowest BCUT2D eigenvalue weighted by Gasteiger charge is -2.30. The molecular weight excluding hydrogens is 388 g/mol. The molecule has 164 valence electrons. The molecule has 0 N–H and O–H groups in total. The van der Waals surface area contributed by atoms with Crippen molar-refractivity contribution in [1.29, 1.82) is 0 Å². The Morgan fingerprint density at radius 2 is 1.63 bits per heavy atom. The van der Waals surface area contributed by atoms with Gasteiger partial charge < -0.3 is 0 Å². The molecule has 0 bridgehead atoms. The lowest BCUT2D eigenvalue weighted by molar-refractivity contribution is 0.171. The molecule has 4 nitrogen and oxygen atoms in total. The summed E-state index contributed by atoms with van der Waals surface area (Å²) in [5, 5.41) is 5.11. The first-order valence-electron chi connectivity index (χ1n) is 11.9. The van der Waals surface area contributed by atoms with Crippen LogP contribution in [0.5, 0.6) is 0 Å². The summed E-state index contributed by atoms with van der Waals surface area (Å²) in [6, 6.07) is 9.46. The maximum Gasteiger partial charge on any atom is 0.199 e. The zero-order valence-electron chi connectivity index (χ0n) is 19.2. The van der Waals surface area contributed by atoms with Crippen LogP contribution in [0.25, 0.3) is 11.4 Å². The van der Waals surface area contributed by atoms with Crippen molar-refractivity contribution in [2.24, 2.45) is 5.92 Å². The molecule has 2 fully saturated rings. The average Bonchev–Trinajstić information content (AvgIpc) is 3.05. The fraction of sp³-hybridized carbons (Fsp3) is 0.680. The second-order valence-corrected chi connectivity index (χ2v) is 10.8. The Hall–Kier alpha value is -1.46. The van der Waals surface area contributed by atoms with Crippen molar-refractivity contribution in [1.82, 2.24) is 19.2 Å². The Balaban J connectivity index is 1.73. The predicted molar refractivity (Wildman–Crippen MR) is 127 cm³/mol. The van der Waals surface area contributed by atoms with Crippen LogP contribution in [0.4, 0.5) is 0 Å². The van der Waals surface area contributed by atoms with Crippen molar-refractivity contribution in [2.75, 3.05) is 13.1 Å². The van der Waals surface area contributed by atoms with E-state index >= 15 is 0 Å². The quantitative estimate of drug-likeness (QED) is 0.517. The third-order valence-electron chi connectivity index (χ3n) is 7.06. The van der Waals surface area contributed by atoms with E-state index in [1.54, 1.807) is 0 Å². The second kappa shape index (κ2) is 8.96. The summed E-state index contributed by atoms with van der Waals surface area (Å²) in [7, 11) is 0. The van der Waals surface area contributed by atoms with E-state index in [2.05, 4.69) is 66.1 Å². The lowest BCUT2D eigenvalue weighted by atomic mass is 9.85. The fourth-order valence-corrected chi connectivity index (χ4v) is 5.42. The number of rotatable bonds is 4. The third kappa shape index (κ3) is 4.57. The van der Waals surface area contributed by atoms with Crippen molar-refractivity contribution < 1.29 is 0 Å². The van der Waals surface area contributed by atoms with Crippen molar-refractivity contribution in [2.45, 2.75) is 90.8 Å². The van der Waals surface area contributed by atoms with Gasteiger partial charge in [0, 0.05) is 11.6 Å². The van der Waals surface area contributed by atoms with Gasteiger partial charge in [-0.05, 0) is 67.9 Å². The topological polar surface area (TPSA) is 26.0 Å². The summed E-state index contributed by atoms with van der Waals surface area (Å²) in [6.45, 7) is 12.3. The van der Waals surface area contributed by atoms with Crippen molar-refractivity contribution in [3.63, 3.8) is 0 Å². The Kier molecular flexibility index (Phi) is 6.50. The number of piperidine rings is 1. The van der Waals surface area contributed by atoms with Crippen molar-refractivity contribution in [3.05, 3.63) is 34.6 Å². The molecule has 0 spiro atoms. The molecule has 0 radical (unpaired) electrons. The first kappa shape index (κ1) is 21.8. The molecule has 2 atom stereocenters. The van der Waals surface area contributed by atoms with Crippen LogP contribution in [0, 0.1) is 10.7 Å². The van der Waals surface area contributed by atoms with Crippen LogP contribution in [0.3, 0.4) is 0 Å². The normalized spacial score (nSPS) is 23.6. The maximum atomic E-state index is 6.04. The van der Waals surface area contributed by atoms with Gasteiger partial charge in [-0.3, -0.25) is 9.47 Å². The van der Waals surface area contributed by atoms with Crippen molar-refractivity contribution in [3.8, 4) is 11.4 Å². The van der Waals surface area contributed by atoms with Gasteiger partial charge in [0.15, 0.2) is 10.6 Å². The highest BCUT2D eigenvalue weighted by molar-refractivity contribution is 7.71. The van der Waals surface area contributed by atoms with Crippen LogP contribution in [0.2, 0.25) is 0 Å². The highest BCUT2D eigenvalue weighted by Gasteiger charge is 2.28. The lowest BCUT2D eigenvalue weighted by Crippen LogP contribution is -2.32. The molecule has 2 heterocycles. The van der Waals surface area contributed by atoms with Gasteiger partial charge in [-0.2, -0.15) is 5.10 Å². The minimum absolute atomic E-state index is 0.156. The highest BCUT2D eigenvalue weighted by Crippen LogP contribution is 2.37. The maximum absolute atomic E-state index is 6.04. The second-order valence-electron chi connectivity index (χ2n) is 10.5. The number of aromatic nitrogens is 3. The fourth-order valence-electron chi connectivity index (χ4n) is 5.10. The summed E-state index contributed by atoms with van der Waals surface area (Å²) < 4.78 is 5.39. The van der Waals surface area contributed by atoms with Crippen LogP contribution >= 0.6 is 12.2 Å². The number of hydrogen-bond acceptors (Lipinski definition) is 3. The van der Waals surface area contributed by atoms with E-state index in [0.717, 1.165) is 30.4 Å². The average molecular weight is 427 g/mol. The smallest absolute Gasteiger partial charge is 0.199 e. The van der Waals surface area contributed by atoms with E-state index in [4.69, 9.17) is 17.3 Å². The molecule has 30 heavy (non-hydrogen) atoms. The van der Waals surface area contributed by atoms with Gasteiger partial charge in [0.25, 0.3) is 0 Å². The van der Waals surface area contributed by atoms with Gasteiger partial charge in [-0.25, -0.2) is 4.68 Å². The van der Waals surface area contributed by atoms with Gasteiger partial charge in [-0.15, -0.1) is 0 Å². The molecule has 1 aliphatic heterocycles. The number of nitrogens with zero attached hydrogens (tertiary/aromatic N) is 4. The Labute approximate surface area is 187 Å². The molecule has 1 saturated carbocycles. The molecule has 2 aliphatic rings. The molecule has 0 amide bonds. The van der Waals surface area contributed by atoms with E-state index in [1.165, 1.54) is 56.1 Å². The minimum Gasteiger partial charge on any atom is -0.297 e. The Morgan fingerprint density at radius 3 is 2.27 bits per heavy atom. The standard InChI is InChI=1S/C25H38N4S/c1-19-10-6-7-11-22(19)29-23(20-12-14-21(15-13-20)25(2,3)4)26-28(24(29)30)18-27-16-8-5-9-17-27/h12-15,19,22H,5-11,16-18H2,1-4H3/t19-,22-/m0/s1. The predicted octanol–water partition coefficient (Wildman–Crippen LogP) is 6.57. The van der Waals surface area contributed by atoms with Crippen LogP contribution in [0.1, 0.15) is 84.2 Å². The third-order valence-corrected chi connectivity index (χ3v) is 7.47.